The Labute approximate surface area is 125 Å². The Morgan fingerprint density at radius 3 is 2.43 bits per heavy atom. The molecule has 3 rings (SSSR count). The smallest absolute Gasteiger partial charge is 0.122 e. The van der Waals surface area contributed by atoms with Crippen molar-refractivity contribution in [3.8, 4) is 5.75 Å². The molecule has 0 atom stereocenters. The second-order valence-electron chi connectivity index (χ2n) is 5.54. The number of nitrogen functional groups attached to an aromatic ring is 1. The van der Waals surface area contributed by atoms with Crippen molar-refractivity contribution in [1.82, 2.24) is 0 Å². The molecule has 3 N–H and O–H groups in total. The molecule has 0 aliphatic heterocycles. The number of nitrogens with two attached hydrogens (primary N) is 1. The molecule has 0 spiro atoms. The van der Waals surface area contributed by atoms with E-state index in [1.165, 1.54) is 36.8 Å². The monoisotopic (exact) mass is 280 g/mol. The zero-order valence-electron chi connectivity index (χ0n) is 12.1. The van der Waals surface area contributed by atoms with Crippen molar-refractivity contribution < 1.29 is 4.74 Å². The first-order valence-corrected chi connectivity index (χ1v) is 7.40. The summed E-state index contributed by atoms with van der Waals surface area (Å²) in [6, 6.07) is 14.1. The summed E-state index contributed by atoms with van der Waals surface area (Å²) in [5, 5.41) is 7.38. The Morgan fingerprint density at radius 2 is 1.71 bits per heavy atom. The largest absolute Gasteiger partial charge is 0.489 e. The van der Waals surface area contributed by atoms with E-state index in [1.54, 1.807) is 0 Å². The van der Waals surface area contributed by atoms with Crippen LogP contribution in [-0.2, 0) is 19.4 Å². The number of aryl methyl sites for hydroxylation is 2. The van der Waals surface area contributed by atoms with Crippen LogP contribution in [0, 0.1) is 5.41 Å². The molecule has 21 heavy (non-hydrogen) atoms. The van der Waals surface area contributed by atoms with E-state index in [2.05, 4.69) is 18.2 Å². The molecule has 3 nitrogen and oxygen atoms in total. The normalized spacial score (nSPS) is 13.5. The third-order valence-corrected chi connectivity index (χ3v) is 3.99. The van der Waals surface area contributed by atoms with E-state index >= 15 is 0 Å². The van der Waals surface area contributed by atoms with Gasteiger partial charge in [-0.2, -0.15) is 0 Å². The lowest BCUT2D eigenvalue weighted by Gasteiger charge is -2.16. The van der Waals surface area contributed by atoms with Gasteiger partial charge in [-0.1, -0.05) is 30.3 Å². The highest BCUT2D eigenvalue weighted by molar-refractivity contribution is 5.94. The molecule has 0 unspecified atom stereocenters. The summed E-state index contributed by atoms with van der Waals surface area (Å²) < 4.78 is 5.87. The number of hydrogen-bond donors (Lipinski definition) is 2. The Balaban J connectivity index is 1.65. The van der Waals surface area contributed by atoms with Gasteiger partial charge in [-0.25, -0.2) is 0 Å². The molecule has 0 amide bonds. The van der Waals surface area contributed by atoms with E-state index in [4.69, 9.17) is 15.9 Å². The number of hydrogen-bond acceptors (Lipinski definition) is 2. The average Bonchev–Trinajstić information content (AvgIpc) is 2.53. The maximum atomic E-state index is 7.38. The van der Waals surface area contributed by atoms with E-state index in [0.717, 1.165) is 16.9 Å². The summed E-state index contributed by atoms with van der Waals surface area (Å²) in [6.07, 6.45) is 4.95. The van der Waals surface area contributed by atoms with Gasteiger partial charge >= 0.3 is 0 Å². The number of nitrogens with one attached hydrogen (secondary N) is 1. The highest BCUT2D eigenvalue weighted by Gasteiger charge is 2.09. The first kappa shape index (κ1) is 13.7. The number of rotatable bonds is 4. The lowest BCUT2D eigenvalue weighted by atomic mass is 9.92. The van der Waals surface area contributed by atoms with Crippen molar-refractivity contribution in [3.05, 3.63) is 64.7 Å². The van der Waals surface area contributed by atoms with Crippen LogP contribution in [-0.4, -0.2) is 5.84 Å². The number of amidine groups is 1. The molecule has 108 valence electrons. The van der Waals surface area contributed by atoms with Crippen LogP contribution in [0.1, 0.15) is 35.1 Å². The third kappa shape index (κ3) is 3.24. The predicted molar refractivity (Wildman–Crippen MR) is 84.9 cm³/mol. The standard InChI is InChI=1S/C18H20N2O/c19-18(20)15-7-5-13(6-8-15)12-21-17-10-9-14-3-1-2-4-16(14)11-17/h5-11H,1-4,12H2,(H3,19,20). The van der Waals surface area contributed by atoms with Crippen LogP contribution in [0.2, 0.25) is 0 Å². The Hall–Kier alpha value is -2.29. The summed E-state index contributed by atoms with van der Waals surface area (Å²) in [5.41, 5.74) is 10.2. The maximum absolute atomic E-state index is 7.38. The van der Waals surface area contributed by atoms with Gasteiger partial charge in [0.05, 0.1) is 0 Å². The van der Waals surface area contributed by atoms with E-state index in [-0.39, 0.29) is 5.84 Å². The average molecular weight is 280 g/mol. The molecule has 0 bridgehead atoms. The molecule has 0 saturated carbocycles. The van der Waals surface area contributed by atoms with Crippen molar-refractivity contribution in [2.45, 2.75) is 32.3 Å². The van der Waals surface area contributed by atoms with Crippen molar-refractivity contribution in [2.24, 2.45) is 5.73 Å². The van der Waals surface area contributed by atoms with Gasteiger partial charge in [-0.3, -0.25) is 5.41 Å². The van der Waals surface area contributed by atoms with Gasteiger partial charge in [0.1, 0.15) is 18.2 Å². The van der Waals surface area contributed by atoms with Crippen molar-refractivity contribution >= 4 is 5.84 Å². The van der Waals surface area contributed by atoms with E-state index < -0.39 is 0 Å². The summed E-state index contributed by atoms with van der Waals surface area (Å²) in [6.45, 7) is 0.539. The van der Waals surface area contributed by atoms with E-state index in [9.17, 15) is 0 Å². The Kier molecular flexibility index (Phi) is 3.91. The van der Waals surface area contributed by atoms with Crippen molar-refractivity contribution in [1.29, 1.82) is 5.41 Å². The van der Waals surface area contributed by atoms with Crippen LogP contribution in [0.4, 0.5) is 0 Å². The van der Waals surface area contributed by atoms with Gasteiger partial charge in [-0.05, 0) is 54.5 Å². The topological polar surface area (TPSA) is 59.1 Å². The lowest BCUT2D eigenvalue weighted by Crippen LogP contribution is -2.10. The Morgan fingerprint density at radius 1 is 1.00 bits per heavy atom. The van der Waals surface area contributed by atoms with Crippen LogP contribution in [0.5, 0.6) is 5.75 Å². The van der Waals surface area contributed by atoms with Gasteiger partial charge < -0.3 is 10.5 Å². The summed E-state index contributed by atoms with van der Waals surface area (Å²) >= 11 is 0. The SMILES string of the molecule is N=C(N)c1ccc(COc2ccc3c(c2)CCCC3)cc1. The molecule has 1 aliphatic rings. The fourth-order valence-corrected chi connectivity index (χ4v) is 2.75. The van der Waals surface area contributed by atoms with Gasteiger partial charge in [0.25, 0.3) is 0 Å². The van der Waals surface area contributed by atoms with Crippen LogP contribution in [0.25, 0.3) is 0 Å². The van der Waals surface area contributed by atoms with Crippen molar-refractivity contribution in [3.63, 3.8) is 0 Å². The fourth-order valence-electron chi connectivity index (χ4n) is 2.75. The fraction of sp³-hybridized carbons (Fsp3) is 0.278. The van der Waals surface area contributed by atoms with Gasteiger partial charge in [-0.15, -0.1) is 0 Å². The molecule has 0 aromatic heterocycles. The lowest BCUT2D eigenvalue weighted by molar-refractivity contribution is 0.305. The third-order valence-electron chi connectivity index (χ3n) is 3.99. The molecule has 0 radical (unpaired) electrons. The van der Waals surface area contributed by atoms with Crippen LogP contribution >= 0.6 is 0 Å². The van der Waals surface area contributed by atoms with E-state index in [1.807, 2.05) is 24.3 Å². The molecular weight excluding hydrogens is 260 g/mol. The molecule has 0 fully saturated rings. The molecule has 2 aromatic carbocycles. The predicted octanol–water partition coefficient (Wildman–Crippen LogP) is 3.43. The summed E-state index contributed by atoms with van der Waals surface area (Å²) in [5.74, 6) is 1.03. The summed E-state index contributed by atoms with van der Waals surface area (Å²) in [7, 11) is 0. The second kappa shape index (κ2) is 6.00. The molecule has 3 heteroatoms. The first-order valence-electron chi connectivity index (χ1n) is 7.40. The Bertz CT molecular complexity index is 647. The van der Waals surface area contributed by atoms with Gasteiger partial charge in [0.15, 0.2) is 0 Å². The molecule has 0 saturated heterocycles. The molecule has 0 heterocycles. The first-order chi connectivity index (χ1) is 10.2. The summed E-state index contributed by atoms with van der Waals surface area (Å²) in [4.78, 5) is 0. The van der Waals surface area contributed by atoms with Crippen LogP contribution in [0.15, 0.2) is 42.5 Å². The van der Waals surface area contributed by atoms with Crippen molar-refractivity contribution in [2.75, 3.05) is 0 Å². The molecular formula is C18H20N2O. The zero-order chi connectivity index (χ0) is 14.7. The van der Waals surface area contributed by atoms with Crippen LogP contribution in [0.3, 0.4) is 0 Å². The minimum atomic E-state index is 0.0946. The highest BCUT2D eigenvalue weighted by atomic mass is 16.5. The number of fused-ring (bicyclic) bond motifs is 1. The maximum Gasteiger partial charge on any atom is 0.122 e. The van der Waals surface area contributed by atoms with E-state index in [0.29, 0.717) is 6.61 Å². The van der Waals surface area contributed by atoms with Gasteiger partial charge in [0, 0.05) is 5.56 Å². The van der Waals surface area contributed by atoms with Crippen LogP contribution < -0.4 is 10.5 Å². The minimum Gasteiger partial charge on any atom is -0.489 e. The minimum absolute atomic E-state index is 0.0946. The second-order valence-corrected chi connectivity index (χ2v) is 5.54. The number of benzene rings is 2. The molecule has 1 aliphatic carbocycles. The highest BCUT2D eigenvalue weighted by Crippen LogP contribution is 2.25. The molecule has 2 aromatic rings. The number of ether oxygens (including phenoxy) is 1. The quantitative estimate of drug-likeness (QED) is 0.666. The van der Waals surface area contributed by atoms with Gasteiger partial charge in [0.2, 0.25) is 0 Å². The zero-order valence-corrected chi connectivity index (χ0v) is 12.1.